The predicted octanol–water partition coefficient (Wildman–Crippen LogP) is 8.08. The molecule has 0 aromatic heterocycles. The van der Waals surface area contributed by atoms with Gasteiger partial charge < -0.3 is 4.79 Å². The molecule has 5 aliphatic carbocycles. The number of hydrogen-bond donors (Lipinski definition) is 0. The first-order chi connectivity index (χ1) is 18.4. The lowest BCUT2D eigenvalue weighted by Crippen LogP contribution is -2.65. The zero-order chi connectivity index (χ0) is 29.7. The largest absolute Gasteiger partial charge is 0.389 e. The Labute approximate surface area is 236 Å². The van der Waals surface area contributed by atoms with E-state index in [-0.39, 0.29) is 46.2 Å². The smallest absolute Gasteiger partial charge is 0.308 e. The molecule has 0 bridgehead atoms. The van der Waals surface area contributed by atoms with Gasteiger partial charge >= 0.3 is 6.18 Å². The first kappa shape index (κ1) is 29.3. The molecule has 0 unspecified atom stereocenters. The van der Waals surface area contributed by atoms with Crippen LogP contribution in [0.2, 0.25) is 0 Å². The fourth-order valence-corrected chi connectivity index (χ4v) is 10.2. The molecule has 0 amide bonds. The minimum atomic E-state index is -4.39. The Morgan fingerprint density at radius 3 is 2.30 bits per heavy atom. The summed E-state index contributed by atoms with van der Waals surface area (Å²) >= 11 is 0. The van der Waals surface area contributed by atoms with Gasteiger partial charge in [0.25, 0.3) is 0 Å². The number of halogens is 3. The number of ketones is 3. The van der Waals surface area contributed by atoms with E-state index >= 15 is 0 Å². The van der Waals surface area contributed by atoms with Gasteiger partial charge in [0.15, 0.2) is 11.6 Å². The van der Waals surface area contributed by atoms with Crippen LogP contribution < -0.4 is 0 Å². The van der Waals surface area contributed by atoms with Crippen LogP contribution in [0.1, 0.15) is 99.3 Å². The second-order valence-corrected chi connectivity index (χ2v) is 15.1. The molecule has 5 aliphatic rings. The van der Waals surface area contributed by atoms with Crippen molar-refractivity contribution < 1.29 is 27.6 Å². The summed E-state index contributed by atoms with van der Waals surface area (Å²) in [4.78, 5) is 44.6. The number of carbonyl (C=O) groups is 3. The average Bonchev–Trinajstić information content (AvgIpc) is 2.85. The van der Waals surface area contributed by atoms with Gasteiger partial charge in [-0.15, -0.1) is 0 Å². The molecule has 0 saturated heterocycles. The first-order valence-electron chi connectivity index (χ1n) is 14.9. The Kier molecular flexibility index (Phi) is 6.50. The number of Topliss-reactive ketones (excluding diaryl/α,β-unsaturated/α-hetero) is 2. The molecule has 7 heteroatoms. The summed E-state index contributed by atoms with van der Waals surface area (Å²) in [5, 5.41) is 0. The lowest BCUT2D eigenvalue weighted by Gasteiger charge is -2.68. The van der Waals surface area contributed by atoms with E-state index in [0.717, 1.165) is 24.8 Å². The Morgan fingerprint density at radius 1 is 1.02 bits per heavy atom. The molecule has 0 spiro atoms. The lowest BCUT2D eigenvalue weighted by molar-refractivity contribution is -0.179. The topological polar surface area (TPSA) is 55.6 Å². The number of allylic oxidation sites excluding steroid dienone is 4. The maximum absolute atomic E-state index is 14.4. The Hall–Kier alpha value is -2.23. The third kappa shape index (κ3) is 3.94. The SMILES string of the molecule is [C-]#[N+]C1=C[C@]2(C)C3=CC(=O)[C@@H]4[C@@H]5CC(C)(C)CC[C@]5(C(=O)CCC(F)(F)F)CC[C@@]4(C)[C@]3(C)CC[C@H]2[C@H](C)C1=O. The summed E-state index contributed by atoms with van der Waals surface area (Å²) in [7, 11) is 0. The minimum absolute atomic E-state index is 0.00184. The summed E-state index contributed by atoms with van der Waals surface area (Å²) in [5.41, 5.74) is -1.36. The van der Waals surface area contributed by atoms with Gasteiger partial charge in [0, 0.05) is 29.1 Å². The van der Waals surface area contributed by atoms with E-state index < -0.39 is 46.6 Å². The Balaban J connectivity index is 1.63. The number of alkyl halides is 3. The maximum atomic E-state index is 14.4. The van der Waals surface area contributed by atoms with E-state index in [4.69, 9.17) is 6.57 Å². The minimum Gasteiger partial charge on any atom is -0.308 e. The highest BCUT2D eigenvalue weighted by atomic mass is 19.4. The quantitative estimate of drug-likeness (QED) is 0.330. The second kappa shape index (κ2) is 8.88. The molecule has 8 atom stereocenters. The number of fused-ring (bicyclic) bond motifs is 7. The van der Waals surface area contributed by atoms with Crippen molar-refractivity contribution in [1.29, 1.82) is 0 Å². The number of carbonyl (C=O) groups excluding carboxylic acids is 3. The van der Waals surface area contributed by atoms with Crippen LogP contribution in [0.3, 0.4) is 0 Å². The summed E-state index contributed by atoms with van der Waals surface area (Å²) in [6.45, 7) is 20.3. The van der Waals surface area contributed by atoms with Crippen LogP contribution in [0.5, 0.6) is 0 Å². The van der Waals surface area contributed by atoms with Crippen LogP contribution in [-0.2, 0) is 14.4 Å². The number of hydrogen-bond acceptors (Lipinski definition) is 3. The Morgan fingerprint density at radius 2 is 1.68 bits per heavy atom. The monoisotopic (exact) mass is 557 g/mol. The van der Waals surface area contributed by atoms with Crippen LogP contribution in [0, 0.1) is 57.3 Å². The van der Waals surface area contributed by atoms with Gasteiger partial charge in [-0.25, -0.2) is 4.85 Å². The van der Waals surface area contributed by atoms with Crippen molar-refractivity contribution in [2.24, 2.45) is 50.7 Å². The molecule has 0 aliphatic heterocycles. The van der Waals surface area contributed by atoms with E-state index in [1.807, 2.05) is 13.0 Å². The summed E-state index contributed by atoms with van der Waals surface area (Å²) in [6, 6.07) is 0. The molecule has 0 radical (unpaired) electrons. The Bertz CT molecular complexity index is 1270. The van der Waals surface area contributed by atoms with Crippen molar-refractivity contribution in [3.8, 4) is 0 Å². The highest BCUT2D eigenvalue weighted by Gasteiger charge is 2.69. The van der Waals surface area contributed by atoms with Gasteiger partial charge in [-0.1, -0.05) is 53.2 Å². The first-order valence-corrected chi connectivity index (χ1v) is 14.9. The third-order valence-corrected chi connectivity index (χ3v) is 12.7. The van der Waals surface area contributed by atoms with Crippen molar-refractivity contribution in [2.45, 2.75) is 106 Å². The summed E-state index contributed by atoms with van der Waals surface area (Å²) in [6.07, 6.45) is 2.18. The van der Waals surface area contributed by atoms with Crippen molar-refractivity contribution in [1.82, 2.24) is 0 Å². The molecule has 0 aromatic rings. The van der Waals surface area contributed by atoms with Crippen LogP contribution in [-0.4, -0.2) is 23.5 Å². The van der Waals surface area contributed by atoms with E-state index in [0.29, 0.717) is 25.7 Å². The van der Waals surface area contributed by atoms with E-state index in [1.54, 1.807) is 6.08 Å². The fourth-order valence-electron chi connectivity index (χ4n) is 10.2. The van der Waals surface area contributed by atoms with Gasteiger partial charge in [0.1, 0.15) is 5.78 Å². The predicted molar refractivity (Wildman–Crippen MR) is 146 cm³/mol. The van der Waals surface area contributed by atoms with Crippen LogP contribution in [0.25, 0.3) is 4.85 Å². The molecule has 218 valence electrons. The van der Waals surface area contributed by atoms with E-state index in [1.165, 1.54) is 0 Å². The molecule has 0 N–H and O–H groups in total. The van der Waals surface area contributed by atoms with Gasteiger partial charge in [0.05, 0.1) is 13.0 Å². The second-order valence-electron chi connectivity index (χ2n) is 15.1. The van der Waals surface area contributed by atoms with Crippen molar-refractivity contribution in [3.63, 3.8) is 0 Å². The van der Waals surface area contributed by atoms with Gasteiger partial charge in [0.2, 0.25) is 5.70 Å². The molecule has 4 nitrogen and oxygen atoms in total. The van der Waals surface area contributed by atoms with Crippen LogP contribution >= 0.6 is 0 Å². The van der Waals surface area contributed by atoms with E-state index in [9.17, 15) is 27.6 Å². The molecule has 0 aromatic carbocycles. The standard InChI is InChI=1S/C33H42F3NO3/c1-19-20-8-10-30(5)24(29(20,4)18-22(37-7)27(19)40)16-23(38)26-21-17-28(2,3)12-14-32(21,15-13-31(26,30)6)25(39)9-11-33(34,35)36/h16,18-21,26H,8-15,17H2,1-6H3/t19-,20-,21-,26-,29-,30+,31+,32-/m0/s1. The van der Waals surface area contributed by atoms with Crippen molar-refractivity contribution in [3.05, 3.63) is 34.8 Å². The molecule has 5 rings (SSSR count). The molecular weight excluding hydrogens is 515 g/mol. The zero-order valence-corrected chi connectivity index (χ0v) is 24.6. The molecule has 40 heavy (non-hydrogen) atoms. The zero-order valence-electron chi connectivity index (χ0n) is 24.6. The van der Waals surface area contributed by atoms with Crippen molar-refractivity contribution in [2.75, 3.05) is 0 Å². The third-order valence-electron chi connectivity index (χ3n) is 12.7. The number of nitrogens with zero attached hydrogens (tertiary/aromatic N) is 1. The fraction of sp³-hybridized carbons (Fsp3) is 0.758. The molecule has 3 saturated carbocycles. The van der Waals surface area contributed by atoms with Gasteiger partial charge in [-0.05, 0) is 79.1 Å². The van der Waals surface area contributed by atoms with Crippen LogP contribution in [0.15, 0.2) is 23.4 Å². The summed E-state index contributed by atoms with van der Waals surface area (Å²) < 4.78 is 39.5. The van der Waals surface area contributed by atoms with Gasteiger partial charge in [-0.3, -0.25) is 9.59 Å². The van der Waals surface area contributed by atoms with Gasteiger partial charge in [-0.2, -0.15) is 13.2 Å². The highest BCUT2D eigenvalue weighted by molar-refractivity contribution is 6.01. The summed E-state index contributed by atoms with van der Waals surface area (Å²) in [5.74, 6) is -1.54. The number of rotatable bonds is 3. The molecular formula is C33H42F3NO3. The highest BCUT2D eigenvalue weighted by Crippen LogP contribution is 2.74. The van der Waals surface area contributed by atoms with Crippen molar-refractivity contribution >= 4 is 17.3 Å². The molecule has 0 heterocycles. The maximum Gasteiger partial charge on any atom is 0.389 e. The lowest BCUT2D eigenvalue weighted by atomic mass is 9.34. The average molecular weight is 558 g/mol. The normalized spacial score (nSPS) is 44.2. The van der Waals surface area contributed by atoms with E-state index in [2.05, 4.69) is 39.5 Å². The molecule has 3 fully saturated rings. The van der Waals surface area contributed by atoms with Crippen LogP contribution in [0.4, 0.5) is 13.2 Å².